The molecule has 2 aromatic rings. The Morgan fingerprint density at radius 1 is 1.32 bits per heavy atom. The van der Waals surface area contributed by atoms with Gasteiger partial charge in [0.2, 0.25) is 5.91 Å². The fourth-order valence-corrected chi connectivity index (χ4v) is 2.40. The van der Waals surface area contributed by atoms with Gasteiger partial charge in [-0.05, 0) is 25.8 Å². The van der Waals surface area contributed by atoms with Crippen molar-refractivity contribution >= 4 is 22.9 Å². The zero-order chi connectivity index (χ0) is 18.2. The number of fused-ring (bicyclic) bond motifs is 1. The average molecular weight is 356 g/mol. The lowest BCUT2D eigenvalue weighted by atomic mass is 10.1. The molecule has 0 saturated heterocycles. The SMILES string of the molecule is Cc1noc2nc(C3CC3)cc(C(=O)NCC(=O)NCC(F)(F)F)c12. The molecule has 0 radical (unpaired) electrons. The van der Waals surface area contributed by atoms with Crippen LogP contribution in [0, 0.1) is 6.92 Å². The Labute approximate surface area is 139 Å². The minimum atomic E-state index is -4.50. The topological polar surface area (TPSA) is 97.1 Å². The van der Waals surface area contributed by atoms with Gasteiger partial charge in [0.1, 0.15) is 6.54 Å². The number of alkyl halides is 3. The van der Waals surface area contributed by atoms with E-state index in [0.29, 0.717) is 16.8 Å². The first-order valence-corrected chi connectivity index (χ1v) is 7.63. The number of rotatable bonds is 5. The molecular weight excluding hydrogens is 341 g/mol. The molecule has 1 fully saturated rings. The van der Waals surface area contributed by atoms with Crippen molar-refractivity contribution < 1.29 is 27.3 Å². The molecular formula is C15H15F3N4O3. The van der Waals surface area contributed by atoms with Crippen LogP contribution >= 0.6 is 0 Å². The Bertz CT molecular complexity index is 827. The van der Waals surface area contributed by atoms with Gasteiger partial charge in [0, 0.05) is 11.6 Å². The van der Waals surface area contributed by atoms with Crippen LogP contribution in [-0.4, -0.2) is 41.2 Å². The van der Waals surface area contributed by atoms with Crippen molar-refractivity contribution in [2.45, 2.75) is 31.9 Å². The Kier molecular flexibility index (Phi) is 4.36. The van der Waals surface area contributed by atoms with E-state index in [9.17, 15) is 22.8 Å². The Morgan fingerprint density at radius 3 is 2.68 bits per heavy atom. The second kappa shape index (κ2) is 6.34. The van der Waals surface area contributed by atoms with E-state index in [4.69, 9.17) is 4.52 Å². The number of carbonyl (C=O) groups excluding carboxylic acids is 2. The summed E-state index contributed by atoms with van der Waals surface area (Å²) in [5.74, 6) is -1.26. The second-order valence-electron chi connectivity index (χ2n) is 5.89. The highest BCUT2D eigenvalue weighted by Crippen LogP contribution is 2.40. The van der Waals surface area contributed by atoms with Gasteiger partial charge in [-0.3, -0.25) is 9.59 Å². The quantitative estimate of drug-likeness (QED) is 0.852. The first-order valence-electron chi connectivity index (χ1n) is 7.63. The van der Waals surface area contributed by atoms with Gasteiger partial charge in [-0.2, -0.15) is 13.2 Å². The monoisotopic (exact) mass is 356 g/mol. The van der Waals surface area contributed by atoms with Gasteiger partial charge in [-0.1, -0.05) is 5.16 Å². The average Bonchev–Trinajstić information content (AvgIpc) is 3.33. The van der Waals surface area contributed by atoms with Crippen molar-refractivity contribution in [1.29, 1.82) is 0 Å². The summed E-state index contributed by atoms with van der Waals surface area (Å²) in [6, 6.07) is 1.62. The Balaban J connectivity index is 1.73. The Morgan fingerprint density at radius 2 is 2.04 bits per heavy atom. The van der Waals surface area contributed by atoms with E-state index in [1.54, 1.807) is 18.3 Å². The molecule has 0 bridgehead atoms. The lowest BCUT2D eigenvalue weighted by molar-refractivity contribution is -0.137. The van der Waals surface area contributed by atoms with E-state index in [1.807, 2.05) is 0 Å². The molecule has 0 aromatic carbocycles. The molecule has 134 valence electrons. The largest absolute Gasteiger partial charge is 0.405 e. The summed E-state index contributed by atoms with van der Waals surface area (Å²) in [5, 5.41) is 8.22. The van der Waals surface area contributed by atoms with E-state index in [1.165, 1.54) is 0 Å². The van der Waals surface area contributed by atoms with Crippen LogP contribution in [0.5, 0.6) is 0 Å². The molecule has 2 N–H and O–H groups in total. The molecule has 1 aliphatic rings. The molecule has 2 heterocycles. The van der Waals surface area contributed by atoms with Crippen molar-refractivity contribution in [3.63, 3.8) is 0 Å². The number of pyridine rings is 1. The molecule has 1 saturated carbocycles. The molecule has 0 unspecified atom stereocenters. The molecule has 1 aliphatic carbocycles. The fourth-order valence-electron chi connectivity index (χ4n) is 2.40. The van der Waals surface area contributed by atoms with E-state index < -0.39 is 31.1 Å². The van der Waals surface area contributed by atoms with E-state index >= 15 is 0 Å². The van der Waals surface area contributed by atoms with E-state index in [-0.39, 0.29) is 17.2 Å². The van der Waals surface area contributed by atoms with Gasteiger partial charge in [-0.25, -0.2) is 4.98 Å². The van der Waals surface area contributed by atoms with Crippen molar-refractivity contribution in [1.82, 2.24) is 20.8 Å². The summed E-state index contributed by atoms with van der Waals surface area (Å²) in [7, 11) is 0. The zero-order valence-corrected chi connectivity index (χ0v) is 13.2. The van der Waals surface area contributed by atoms with Crippen LogP contribution < -0.4 is 10.6 Å². The van der Waals surface area contributed by atoms with Gasteiger partial charge >= 0.3 is 6.18 Å². The third-order valence-corrected chi connectivity index (χ3v) is 3.77. The third-order valence-electron chi connectivity index (χ3n) is 3.77. The lowest BCUT2D eigenvalue weighted by Crippen LogP contribution is -2.41. The summed E-state index contributed by atoms with van der Waals surface area (Å²) in [5.41, 5.74) is 1.65. The molecule has 0 aliphatic heterocycles. The normalized spacial score (nSPS) is 14.6. The number of halogens is 3. The smallest absolute Gasteiger partial charge is 0.345 e. The van der Waals surface area contributed by atoms with Crippen LogP contribution in [0.2, 0.25) is 0 Å². The van der Waals surface area contributed by atoms with Gasteiger partial charge in [0.05, 0.1) is 23.2 Å². The lowest BCUT2D eigenvalue weighted by Gasteiger charge is -2.10. The highest BCUT2D eigenvalue weighted by atomic mass is 19.4. The fraction of sp³-hybridized carbons (Fsp3) is 0.467. The molecule has 0 spiro atoms. The van der Waals surface area contributed by atoms with E-state index in [0.717, 1.165) is 12.8 Å². The van der Waals surface area contributed by atoms with Crippen molar-refractivity contribution in [3.05, 3.63) is 23.0 Å². The van der Waals surface area contributed by atoms with Crippen LogP contribution in [0.15, 0.2) is 10.6 Å². The minimum Gasteiger partial charge on any atom is -0.345 e. The number of carbonyl (C=O) groups is 2. The number of amides is 2. The number of aromatic nitrogens is 2. The maximum absolute atomic E-state index is 12.4. The van der Waals surface area contributed by atoms with Crippen LogP contribution in [0.1, 0.15) is 40.5 Å². The number of nitrogens with zero attached hydrogens (tertiary/aromatic N) is 2. The van der Waals surface area contributed by atoms with Crippen molar-refractivity contribution in [3.8, 4) is 0 Å². The first-order chi connectivity index (χ1) is 11.7. The predicted molar refractivity (Wildman–Crippen MR) is 79.9 cm³/mol. The highest BCUT2D eigenvalue weighted by Gasteiger charge is 2.29. The molecule has 0 atom stereocenters. The molecule has 7 nitrogen and oxygen atoms in total. The molecule has 3 rings (SSSR count). The summed E-state index contributed by atoms with van der Waals surface area (Å²) in [6.07, 6.45) is -2.57. The van der Waals surface area contributed by atoms with Crippen LogP contribution in [0.4, 0.5) is 13.2 Å². The van der Waals surface area contributed by atoms with Crippen LogP contribution in [0.3, 0.4) is 0 Å². The number of hydrogen-bond acceptors (Lipinski definition) is 5. The van der Waals surface area contributed by atoms with Crippen LogP contribution in [0.25, 0.3) is 11.1 Å². The number of hydrogen-bond donors (Lipinski definition) is 2. The second-order valence-corrected chi connectivity index (χ2v) is 5.89. The van der Waals surface area contributed by atoms with Crippen LogP contribution in [-0.2, 0) is 4.79 Å². The molecule has 2 aromatic heterocycles. The van der Waals surface area contributed by atoms with Crippen molar-refractivity contribution in [2.75, 3.05) is 13.1 Å². The zero-order valence-electron chi connectivity index (χ0n) is 13.2. The van der Waals surface area contributed by atoms with Gasteiger partial charge in [0.25, 0.3) is 11.6 Å². The molecule has 10 heteroatoms. The van der Waals surface area contributed by atoms with Crippen molar-refractivity contribution in [2.24, 2.45) is 0 Å². The first kappa shape index (κ1) is 17.2. The number of aryl methyl sites for hydroxylation is 1. The maximum atomic E-state index is 12.4. The summed E-state index contributed by atoms with van der Waals surface area (Å²) >= 11 is 0. The molecule has 2 amide bonds. The Hall–Kier alpha value is -2.65. The summed E-state index contributed by atoms with van der Waals surface area (Å²) in [4.78, 5) is 28.2. The number of nitrogens with one attached hydrogen (secondary N) is 2. The highest BCUT2D eigenvalue weighted by molar-refractivity contribution is 6.06. The minimum absolute atomic E-state index is 0.230. The van der Waals surface area contributed by atoms with Gasteiger partial charge in [0.15, 0.2) is 0 Å². The predicted octanol–water partition coefficient (Wildman–Crippen LogP) is 1.82. The standard InChI is InChI=1S/C15H15F3N4O3/c1-7-12-9(4-10(8-2-3-8)21-14(12)25-22-7)13(24)19-5-11(23)20-6-15(16,17)18/h4,8H,2-3,5-6H2,1H3,(H,19,24)(H,20,23). The summed E-state index contributed by atoms with van der Waals surface area (Å²) in [6.45, 7) is -0.364. The van der Waals surface area contributed by atoms with Gasteiger partial charge in [-0.15, -0.1) is 0 Å². The third kappa shape index (κ3) is 4.06. The van der Waals surface area contributed by atoms with Gasteiger partial charge < -0.3 is 15.2 Å². The molecule has 25 heavy (non-hydrogen) atoms. The maximum Gasteiger partial charge on any atom is 0.405 e. The van der Waals surface area contributed by atoms with E-state index in [2.05, 4.69) is 15.5 Å². The summed E-state index contributed by atoms with van der Waals surface area (Å²) < 4.78 is 41.3.